The molecule has 1 aliphatic heterocycles. The van der Waals surface area contributed by atoms with Crippen LogP contribution in [0, 0.1) is 0 Å². The Morgan fingerprint density at radius 1 is 1.00 bits per heavy atom. The minimum absolute atomic E-state index is 0.0824. The molecule has 0 aliphatic carbocycles. The Kier molecular flexibility index (Phi) is 6.99. The van der Waals surface area contributed by atoms with Crippen molar-refractivity contribution in [1.82, 2.24) is 24.9 Å². The van der Waals surface area contributed by atoms with Crippen LogP contribution in [0.3, 0.4) is 0 Å². The number of amides is 1. The molecular weight excluding hydrogens is 386 g/mol. The van der Waals surface area contributed by atoms with Crippen LogP contribution < -0.4 is 5.32 Å². The number of hydrogen-bond acceptors (Lipinski definition) is 4. The zero-order chi connectivity index (χ0) is 21.6. The summed E-state index contributed by atoms with van der Waals surface area (Å²) in [5.74, 6) is -0.0824. The number of hydrogen-bond donors (Lipinski definition) is 1. The smallest absolute Gasteiger partial charge is 0.272 e. The molecule has 1 aromatic heterocycles. The van der Waals surface area contributed by atoms with Crippen molar-refractivity contribution >= 4 is 16.8 Å². The first-order chi connectivity index (χ1) is 15.2. The highest BCUT2D eigenvalue weighted by molar-refractivity contribution is 6.04. The molecule has 1 fully saturated rings. The number of piperazine rings is 1. The fourth-order valence-electron chi connectivity index (χ4n) is 4.19. The van der Waals surface area contributed by atoms with Gasteiger partial charge in [-0.15, -0.1) is 0 Å². The largest absolute Gasteiger partial charge is 0.349 e. The minimum atomic E-state index is -0.0824. The Morgan fingerprint density at radius 3 is 2.42 bits per heavy atom. The first kappa shape index (κ1) is 21.5. The number of rotatable bonds is 8. The molecule has 1 atom stereocenters. The van der Waals surface area contributed by atoms with Gasteiger partial charge in [-0.05, 0) is 25.0 Å². The van der Waals surface area contributed by atoms with Crippen molar-refractivity contribution in [3.05, 3.63) is 65.9 Å². The van der Waals surface area contributed by atoms with E-state index in [1.54, 1.807) is 0 Å². The summed E-state index contributed by atoms with van der Waals surface area (Å²) in [6.07, 6.45) is 0.975. The molecule has 1 saturated heterocycles. The predicted molar refractivity (Wildman–Crippen MR) is 125 cm³/mol. The number of nitrogens with one attached hydrogen (secondary N) is 1. The summed E-state index contributed by atoms with van der Waals surface area (Å²) in [6.45, 7) is 11.0. The Labute approximate surface area is 184 Å². The summed E-state index contributed by atoms with van der Waals surface area (Å²) in [6, 6.07) is 18.9. The first-order valence-electron chi connectivity index (χ1n) is 11.4. The molecule has 164 valence electrons. The van der Waals surface area contributed by atoms with Crippen molar-refractivity contribution in [1.29, 1.82) is 0 Å². The molecule has 1 N–H and O–H groups in total. The summed E-state index contributed by atoms with van der Waals surface area (Å²) in [5.41, 5.74) is 2.92. The maximum Gasteiger partial charge on any atom is 0.272 e. The second kappa shape index (κ2) is 10.1. The minimum Gasteiger partial charge on any atom is -0.349 e. The Hall–Kier alpha value is -2.70. The lowest BCUT2D eigenvalue weighted by molar-refractivity contribution is 0.0929. The summed E-state index contributed by atoms with van der Waals surface area (Å²) >= 11 is 0. The maximum absolute atomic E-state index is 12.9. The van der Waals surface area contributed by atoms with Gasteiger partial charge in [0.1, 0.15) is 0 Å². The second-order valence-corrected chi connectivity index (χ2v) is 8.43. The number of benzene rings is 2. The van der Waals surface area contributed by atoms with E-state index >= 15 is 0 Å². The van der Waals surface area contributed by atoms with E-state index in [1.807, 2.05) is 28.9 Å². The second-order valence-electron chi connectivity index (χ2n) is 8.43. The lowest BCUT2D eigenvalue weighted by Gasteiger charge is -2.34. The molecule has 6 nitrogen and oxygen atoms in total. The van der Waals surface area contributed by atoms with Gasteiger partial charge in [0, 0.05) is 57.2 Å². The molecule has 31 heavy (non-hydrogen) atoms. The van der Waals surface area contributed by atoms with E-state index in [2.05, 4.69) is 64.4 Å². The number of carbonyl (C=O) groups excluding carboxylic acids is 1. The van der Waals surface area contributed by atoms with Gasteiger partial charge in [-0.3, -0.25) is 19.3 Å². The highest BCUT2D eigenvalue weighted by Gasteiger charge is 2.20. The number of nitrogens with zero attached hydrogens (tertiary/aromatic N) is 4. The van der Waals surface area contributed by atoms with Crippen molar-refractivity contribution in [3.8, 4) is 0 Å². The van der Waals surface area contributed by atoms with Crippen LogP contribution in [-0.4, -0.2) is 64.8 Å². The Balaban J connectivity index is 1.27. The third-order valence-electron chi connectivity index (χ3n) is 6.26. The number of para-hydroxylation sites is 1. The average molecular weight is 420 g/mol. The van der Waals surface area contributed by atoms with E-state index in [0.29, 0.717) is 12.2 Å². The zero-order valence-electron chi connectivity index (χ0n) is 18.6. The lowest BCUT2D eigenvalue weighted by atomic mass is 10.2. The van der Waals surface area contributed by atoms with Gasteiger partial charge < -0.3 is 5.32 Å². The summed E-state index contributed by atoms with van der Waals surface area (Å²) in [7, 11) is 0. The fraction of sp³-hybridized carbons (Fsp3) is 0.440. The average Bonchev–Trinajstić information content (AvgIpc) is 3.20. The van der Waals surface area contributed by atoms with Gasteiger partial charge >= 0.3 is 0 Å². The first-order valence-corrected chi connectivity index (χ1v) is 11.4. The van der Waals surface area contributed by atoms with E-state index in [0.717, 1.165) is 56.6 Å². The molecule has 0 saturated carbocycles. The highest BCUT2D eigenvalue weighted by atomic mass is 16.1. The van der Waals surface area contributed by atoms with Crippen LogP contribution in [0.4, 0.5) is 0 Å². The molecule has 1 unspecified atom stereocenters. The molecule has 0 radical (unpaired) electrons. The van der Waals surface area contributed by atoms with E-state index in [1.165, 1.54) is 5.56 Å². The van der Waals surface area contributed by atoms with Crippen molar-refractivity contribution in [2.75, 3.05) is 39.3 Å². The number of aromatic nitrogens is 2. The van der Waals surface area contributed by atoms with Gasteiger partial charge in [-0.25, -0.2) is 0 Å². The summed E-state index contributed by atoms with van der Waals surface area (Å²) in [4.78, 5) is 17.8. The molecular formula is C25H33N5O. The number of fused-ring (bicyclic) bond motifs is 1. The molecule has 2 aromatic carbocycles. The van der Waals surface area contributed by atoms with Crippen molar-refractivity contribution < 1.29 is 4.79 Å². The summed E-state index contributed by atoms with van der Waals surface area (Å²) < 4.78 is 1.98. The molecule has 0 bridgehead atoms. The van der Waals surface area contributed by atoms with Crippen LogP contribution in [0.5, 0.6) is 0 Å². The Bertz CT molecular complexity index is 992. The van der Waals surface area contributed by atoms with E-state index in [-0.39, 0.29) is 11.9 Å². The van der Waals surface area contributed by atoms with Gasteiger partial charge in [-0.2, -0.15) is 5.10 Å². The van der Waals surface area contributed by atoms with Crippen LogP contribution >= 0.6 is 0 Å². The van der Waals surface area contributed by atoms with E-state index in [9.17, 15) is 4.79 Å². The van der Waals surface area contributed by atoms with Crippen LogP contribution in [0.25, 0.3) is 10.9 Å². The fourth-order valence-corrected chi connectivity index (χ4v) is 4.19. The van der Waals surface area contributed by atoms with Crippen LogP contribution in [-0.2, 0) is 6.54 Å². The summed E-state index contributed by atoms with van der Waals surface area (Å²) in [5, 5.41) is 8.68. The van der Waals surface area contributed by atoms with Gasteiger partial charge in [0.2, 0.25) is 0 Å². The maximum atomic E-state index is 12.9. The van der Waals surface area contributed by atoms with E-state index in [4.69, 9.17) is 0 Å². The molecule has 1 aliphatic rings. The van der Waals surface area contributed by atoms with Gasteiger partial charge in [0.15, 0.2) is 5.69 Å². The van der Waals surface area contributed by atoms with Crippen LogP contribution in [0.15, 0.2) is 54.6 Å². The molecule has 3 aromatic rings. The van der Waals surface area contributed by atoms with Crippen LogP contribution in [0.2, 0.25) is 0 Å². The lowest BCUT2D eigenvalue weighted by Crippen LogP contribution is -2.48. The van der Waals surface area contributed by atoms with Gasteiger partial charge in [0.25, 0.3) is 5.91 Å². The van der Waals surface area contributed by atoms with Gasteiger partial charge in [-0.1, -0.05) is 55.5 Å². The normalized spacial score (nSPS) is 16.5. The van der Waals surface area contributed by atoms with Crippen molar-refractivity contribution in [3.63, 3.8) is 0 Å². The third kappa shape index (κ3) is 5.14. The monoisotopic (exact) mass is 419 g/mol. The topological polar surface area (TPSA) is 53.4 Å². The molecule has 6 heteroatoms. The number of carbonyl (C=O) groups is 1. The van der Waals surface area contributed by atoms with Crippen molar-refractivity contribution in [2.24, 2.45) is 0 Å². The zero-order valence-corrected chi connectivity index (χ0v) is 18.6. The van der Waals surface area contributed by atoms with Crippen molar-refractivity contribution in [2.45, 2.75) is 32.9 Å². The molecule has 2 heterocycles. The van der Waals surface area contributed by atoms with E-state index < -0.39 is 0 Å². The quantitative estimate of drug-likeness (QED) is 0.607. The SMILES string of the molecule is CCC(C)n1nc(C(=O)NCCN2CCN(Cc3ccccc3)CC2)c2ccccc21. The van der Waals surface area contributed by atoms with Crippen LogP contribution in [0.1, 0.15) is 42.4 Å². The Morgan fingerprint density at radius 2 is 1.68 bits per heavy atom. The molecule has 0 spiro atoms. The molecule has 1 amide bonds. The molecule has 4 rings (SSSR count). The van der Waals surface area contributed by atoms with Gasteiger partial charge in [0.05, 0.1) is 5.52 Å². The third-order valence-corrected chi connectivity index (χ3v) is 6.26. The highest BCUT2D eigenvalue weighted by Crippen LogP contribution is 2.23. The predicted octanol–water partition coefficient (Wildman–Crippen LogP) is 3.55. The standard InChI is InChI=1S/C25H33N5O/c1-3-20(2)30-23-12-8-7-11-22(23)24(27-30)25(31)26-13-14-28-15-17-29(18-16-28)19-21-9-5-4-6-10-21/h4-12,20H,3,13-19H2,1-2H3,(H,26,31).